The Labute approximate surface area is 127 Å². The summed E-state index contributed by atoms with van der Waals surface area (Å²) in [6.07, 6.45) is 4.97. The highest BCUT2D eigenvalue weighted by molar-refractivity contribution is 5.95. The SMILES string of the molecule is Cc1ccc(C(=O)N2CCC(NCC3CC3)CC2)c(C)c1. The van der Waals surface area contributed by atoms with Gasteiger partial charge in [0.2, 0.25) is 0 Å². The van der Waals surface area contributed by atoms with E-state index in [0.717, 1.165) is 43.0 Å². The van der Waals surface area contributed by atoms with Crippen molar-refractivity contribution in [1.29, 1.82) is 0 Å². The fourth-order valence-corrected chi connectivity index (χ4v) is 3.17. The zero-order valence-corrected chi connectivity index (χ0v) is 13.2. The van der Waals surface area contributed by atoms with E-state index < -0.39 is 0 Å². The molecule has 114 valence electrons. The van der Waals surface area contributed by atoms with Crippen LogP contribution in [0.3, 0.4) is 0 Å². The molecule has 1 N–H and O–H groups in total. The Morgan fingerprint density at radius 2 is 1.90 bits per heavy atom. The van der Waals surface area contributed by atoms with Gasteiger partial charge in [-0.3, -0.25) is 4.79 Å². The molecule has 2 aliphatic rings. The first-order valence-corrected chi connectivity index (χ1v) is 8.23. The van der Waals surface area contributed by atoms with Crippen molar-refractivity contribution in [3.05, 3.63) is 34.9 Å². The van der Waals surface area contributed by atoms with Gasteiger partial charge in [-0.1, -0.05) is 17.7 Å². The van der Waals surface area contributed by atoms with E-state index >= 15 is 0 Å². The fraction of sp³-hybridized carbons (Fsp3) is 0.611. The molecule has 1 amide bonds. The maximum Gasteiger partial charge on any atom is 0.254 e. The van der Waals surface area contributed by atoms with Crippen molar-refractivity contribution >= 4 is 5.91 Å². The van der Waals surface area contributed by atoms with Gasteiger partial charge in [-0.2, -0.15) is 0 Å². The Morgan fingerprint density at radius 1 is 1.19 bits per heavy atom. The van der Waals surface area contributed by atoms with Crippen molar-refractivity contribution in [3.8, 4) is 0 Å². The third kappa shape index (κ3) is 3.65. The number of likely N-dealkylation sites (tertiary alicyclic amines) is 1. The predicted molar refractivity (Wildman–Crippen MR) is 85.6 cm³/mol. The van der Waals surface area contributed by atoms with Gasteiger partial charge in [0.05, 0.1) is 0 Å². The molecule has 0 unspecified atom stereocenters. The molecule has 21 heavy (non-hydrogen) atoms. The average Bonchev–Trinajstić information content (AvgIpc) is 3.29. The number of rotatable bonds is 4. The summed E-state index contributed by atoms with van der Waals surface area (Å²) in [4.78, 5) is 14.6. The summed E-state index contributed by atoms with van der Waals surface area (Å²) in [5.74, 6) is 1.13. The normalized spacial score (nSPS) is 19.8. The largest absolute Gasteiger partial charge is 0.339 e. The molecule has 2 fully saturated rings. The molecule has 1 saturated carbocycles. The Morgan fingerprint density at radius 3 is 2.52 bits per heavy atom. The van der Waals surface area contributed by atoms with Crippen molar-refractivity contribution in [3.63, 3.8) is 0 Å². The lowest BCUT2D eigenvalue weighted by molar-refractivity contribution is 0.0704. The topological polar surface area (TPSA) is 32.3 Å². The molecule has 1 aliphatic carbocycles. The number of aryl methyl sites for hydroxylation is 2. The van der Waals surface area contributed by atoms with Gasteiger partial charge >= 0.3 is 0 Å². The quantitative estimate of drug-likeness (QED) is 0.923. The summed E-state index contributed by atoms with van der Waals surface area (Å²) in [7, 11) is 0. The summed E-state index contributed by atoms with van der Waals surface area (Å²) in [5, 5.41) is 3.66. The van der Waals surface area contributed by atoms with Crippen LogP contribution in [0, 0.1) is 19.8 Å². The number of carbonyl (C=O) groups excluding carboxylic acids is 1. The summed E-state index contributed by atoms with van der Waals surface area (Å²) in [6, 6.07) is 6.71. The number of nitrogens with one attached hydrogen (secondary N) is 1. The molecule has 1 aromatic rings. The van der Waals surface area contributed by atoms with Crippen LogP contribution < -0.4 is 5.32 Å². The number of benzene rings is 1. The lowest BCUT2D eigenvalue weighted by Crippen LogP contribution is -2.45. The van der Waals surface area contributed by atoms with Crippen molar-refractivity contribution in [2.75, 3.05) is 19.6 Å². The molecule has 0 radical (unpaired) electrons. The molecule has 1 heterocycles. The molecule has 3 nitrogen and oxygen atoms in total. The zero-order chi connectivity index (χ0) is 14.8. The minimum absolute atomic E-state index is 0.202. The predicted octanol–water partition coefficient (Wildman–Crippen LogP) is 2.91. The first-order chi connectivity index (χ1) is 10.1. The Bertz CT molecular complexity index is 514. The third-order valence-electron chi connectivity index (χ3n) is 4.79. The molecule has 0 bridgehead atoms. The highest BCUT2D eigenvalue weighted by Crippen LogP contribution is 2.28. The highest BCUT2D eigenvalue weighted by Gasteiger charge is 2.26. The molecular weight excluding hydrogens is 260 g/mol. The van der Waals surface area contributed by atoms with Gasteiger partial charge in [-0.05, 0) is 63.6 Å². The van der Waals surface area contributed by atoms with Crippen LogP contribution in [0.25, 0.3) is 0 Å². The first kappa shape index (κ1) is 14.6. The molecule has 1 saturated heterocycles. The van der Waals surface area contributed by atoms with Crippen LogP contribution in [0.4, 0.5) is 0 Å². The van der Waals surface area contributed by atoms with Gasteiger partial charge in [0.25, 0.3) is 5.91 Å². The van der Waals surface area contributed by atoms with Gasteiger partial charge in [-0.15, -0.1) is 0 Å². The molecular formula is C18H26N2O. The van der Waals surface area contributed by atoms with Crippen molar-refractivity contribution < 1.29 is 4.79 Å². The minimum atomic E-state index is 0.202. The van der Waals surface area contributed by atoms with E-state index in [-0.39, 0.29) is 5.91 Å². The number of hydrogen-bond acceptors (Lipinski definition) is 2. The van der Waals surface area contributed by atoms with E-state index in [1.165, 1.54) is 24.9 Å². The number of hydrogen-bond donors (Lipinski definition) is 1. The van der Waals surface area contributed by atoms with Crippen molar-refractivity contribution in [1.82, 2.24) is 10.2 Å². The zero-order valence-electron chi connectivity index (χ0n) is 13.2. The maximum absolute atomic E-state index is 12.6. The van der Waals surface area contributed by atoms with Crippen LogP contribution >= 0.6 is 0 Å². The monoisotopic (exact) mass is 286 g/mol. The second kappa shape index (κ2) is 6.18. The van der Waals surface area contributed by atoms with Crippen LogP contribution in [-0.2, 0) is 0 Å². The maximum atomic E-state index is 12.6. The molecule has 0 aromatic heterocycles. The van der Waals surface area contributed by atoms with Gasteiger partial charge in [0.1, 0.15) is 0 Å². The molecule has 1 aliphatic heterocycles. The Kier molecular flexibility index (Phi) is 4.29. The minimum Gasteiger partial charge on any atom is -0.339 e. The average molecular weight is 286 g/mol. The third-order valence-corrected chi connectivity index (χ3v) is 4.79. The van der Waals surface area contributed by atoms with E-state index in [9.17, 15) is 4.79 Å². The van der Waals surface area contributed by atoms with Gasteiger partial charge in [0, 0.05) is 24.7 Å². The van der Waals surface area contributed by atoms with Crippen molar-refractivity contribution in [2.24, 2.45) is 5.92 Å². The molecule has 3 rings (SSSR count). The summed E-state index contributed by atoms with van der Waals surface area (Å²) >= 11 is 0. The molecule has 1 aromatic carbocycles. The molecule has 0 spiro atoms. The van der Waals surface area contributed by atoms with Crippen LogP contribution in [0.15, 0.2) is 18.2 Å². The lowest BCUT2D eigenvalue weighted by atomic mass is 10.0. The van der Waals surface area contributed by atoms with E-state index in [1.807, 2.05) is 24.0 Å². The number of nitrogens with zero attached hydrogens (tertiary/aromatic N) is 1. The first-order valence-electron chi connectivity index (χ1n) is 8.23. The van der Waals surface area contributed by atoms with E-state index in [4.69, 9.17) is 0 Å². The van der Waals surface area contributed by atoms with E-state index in [0.29, 0.717) is 6.04 Å². The second-order valence-corrected chi connectivity index (χ2v) is 6.74. The van der Waals surface area contributed by atoms with Crippen LogP contribution in [0.5, 0.6) is 0 Å². The van der Waals surface area contributed by atoms with Gasteiger partial charge in [0.15, 0.2) is 0 Å². The highest BCUT2D eigenvalue weighted by atomic mass is 16.2. The Hall–Kier alpha value is -1.35. The van der Waals surface area contributed by atoms with Gasteiger partial charge < -0.3 is 10.2 Å². The smallest absolute Gasteiger partial charge is 0.254 e. The standard InChI is InChI=1S/C18H26N2O/c1-13-3-6-17(14(2)11-13)18(21)20-9-7-16(8-10-20)19-12-15-4-5-15/h3,6,11,15-16,19H,4-5,7-10,12H2,1-2H3. The van der Waals surface area contributed by atoms with Crippen LogP contribution in [0.1, 0.15) is 47.2 Å². The van der Waals surface area contributed by atoms with Crippen LogP contribution in [0.2, 0.25) is 0 Å². The number of piperidine rings is 1. The second-order valence-electron chi connectivity index (χ2n) is 6.74. The lowest BCUT2D eigenvalue weighted by Gasteiger charge is -2.33. The van der Waals surface area contributed by atoms with Crippen molar-refractivity contribution in [2.45, 2.75) is 45.6 Å². The summed E-state index contributed by atoms with van der Waals surface area (Å²) < 4.78 is 0. The number of carbonyl (C=O) groups is 1. The van der Waals surface area contributed by atoms with E-state index in [1.54, 1.807) is 0 Å². The Balaban J connectivity index is 1.54. The fourth-order valence-electron chi connectivity index (χ4n) is 3.17. The number of amides is 1. The van der Waals surface area contributed by atoms with E-state index in [2.05, 4.69) is 18.3 Å². The summed E-state index contributed by atoms with van der Waals surface area (Å²) in [6.45, 7) is 7.04. The summed E-state index contributed by atoms with van der Waals surface area (Å²) in [5.41, 5.74) is 3.17. The van der Waals surface area contributed by atoms with Crippen LogP contribution in [-0.4, -0.2) is 36.5 Å². The molecule has 3 heteroatoms. The molecule has 0 atom stereocenters. The van der Waals surface area contributed by atoms with Gasteiger partial charge in [-0.25, -0.2) is 0 Å².